The number of benzene rings is 1. The predicted octanol–water partition coefficient (Wildman–Crippen LogP) is 6.42. The molecule has 0 bridgehead atoms. The van der Waals surface area contributed by atoms with Gasteiger partial charge in [-0.1, -0.05) is 50.4 Å². The Morgan fingerprint density at radius 2 is 1.78 bits per heavy atom. The van der Waals surface area contributed by atoms with Gasteiger partial charge in [-0.25, -0.2) is 22.2 Å². The van der Waals surface area contributed by atoms with Crippen molar-refractivity contribution in [1.29, 1.82) is 0 Å². The zero-order valence-electron chi connectivity index (χ0n) is 23.7. The number of hydrogen-bond donors (Lipinski definition) is 1. The van der Waals surface area contributed by atoms with Gasteiger partial charge in [-0.15, -0.1) is 12.8 Å². The Kier molecular flexibility index (Phi) is 12.7. The minimum atomic E-state index is -3.22. The third kappa shape index (κ3) is 10.4. The fourth-order valence-electron chi connectivity index (χ4n) is 3.63. The monoisotopic (exact) mass is 607 g/mol. The van der Waals surface area contributed by atoms with E-state index in [9.17, 15) is 17.2 Å². The third-order valence-corrected chi connectivity index (χ3v) is 7.13. The maximum atomic E-state index is 13.6. The zero-order chi connectivity index (χ0) is 30.6. The number of unbranched alkanes of at least 4 members (excludes halogenated alkanes) is 1. The Bertz CT molecular complexity index is 1400. The van der Waals surface area contributed by atoms with Crippen LogP contribution in [-0.2, 0) is 28.7 Å². The van der Waals surface area contributed by atoms with E-state index in [-0.39, 0.29) is 23.9 Å². The van der Waals surface area contributed by atoms with Crippen LogP contribution in [0.3, 0.4) is 0 Å². The largest absolute Gasteiger partial charge is 0.462 e. The number of nitrogens with zero attached hydrogens (tertiary/aromatic N) is 4. The number of ether oxygens (including phenoxy) is 1. The standard InChI is InChI=1S/C23H24ClF2N5O3S.C4H10.C2H2/c1-23(25,26)15-5-7-16(8-6-15)28-20-17-9-11-31(21-18(24)4-3-10-27-21)14-19(17)29-22(30-20)34-12-13-35(2,32)33;1-3-4-2;1-2/h3-8,10H,9,11-14H2,1-2H3,(H,28,29,30);3-4H2,1-2H3;1-2H. The van der Waals surface area contributed by atoms with Gasteiger partial charge < -0.3 is 15.0 Å². The summed E-state index contributed by atoms with van der Waals surface area (Å²) in [6, 6.07) is 9.33. The molecular formula is C29H36ClF2N5O3S. The second kappa shape index (κ2) is 15.5. The van der Waals surface area contributed by atoms with Gasteiger partial charge in [0, 0.05) is 42.7 Å². The van der Waals surface area contributed by atoms with Crippen molar-refractivity contribution in [3.8, 4) is 18.9 Å². The molecule has 1 aromatic carbocycles. The van der Waals surface area contributed by atoms with E-state index in [0.29, 0.717) is 47.6 Å². The highest BCUT2D eigenvalue weighted by atomic mass is 35.5. The van der Waals surface area contributed by atoms with Crippen LogP contribution in [0.4, 0.5) is 26.1 Å². The first kappa shape index (κ1) is 33.7. The minimum absolute atomic E-state index is 0.0144. The van der Waals surface area contributed by atoms with Crippen LogP contribution < -0.4 is 15.0 Å². The molecule has 12 heteroatoms. The summed E-state index contributed by atoms with van der Waals surface area (Å²) in [7, 11) is -3.22. The summed E-state index contributed by atoms with van der Waals surface area (Å²) in [6.07, 6.45) is 14.0. The Morgan fingerprint density at radius 1 is 1.12 bits per heavy atom. The van der Waals surface area contributed by atoms with Crippen molar-refractivity contribution in [2.75, 3.05) is 35.4 Å². The summed E-state index contributed by atoms with van der Waals surface area (Å²) in [5, 5.41) is 3.68. The SMILES string of the molecule is C#C.CC(F)(F)c1ccc(Nc2nc(OCCS(C)(=O)=O)nc3c2CCN(c2ncccc2Cl)C3)cc1.CCCC. The van der Waals surface area contributed by atoms with E-state index in [1.54, 1.807) is 30.5 Å². The van der Waals surface area contributed by atoms with Gasteiger partial charge in [-0.2, -0.15) is 9.97 Å². The first-order valence-corrected chi connectivity index (χ1v) is 15.5. The van der Waals surface area contributed by atoms with Crippen LogP contribution in [0.2, 0.25) is 5.02 Å². The number of pyridine rings is 1. The van der Waals surface area contributed by atoms with E-state index in [0.717, 1.165) is 18.7 Å². The highest BCUT2D eigenvalue weighted by Gasteiger charge is 2.26. The lowest BCUT2D eigenvalue weighted by atomic mass is 10.0. The molecule has 0 saturated carbocycles. The average molecular weight is 608 g/mol. The number of alkyl halides is 2. The van der Waals surface area contributed by atoms with E-state index >= 15 is 0 Å². The molecule has 0 atom stereocenters. The van der Waals surface area contributed by atoms with Crippen LogP contribution in [0.1, 0.15) is 50.4 Å². The van der Waals surface area contributed by atoms with Gasteiger partial charge in [0.2, 0.25) is 0 Å². The molecule has 8 nitrogen and oxygen atoms in total. The van der Waals surface area contributed by atoms with Crippen LogP contribution in [0, 0.1) is 12.8 Å². The minimum Gasteiger partial charge on any atom is -0.462 e. The number of terminal acetylenes is 1. The highest BCUT2D eigenvalue weighted by Crippen LogP contribution is 2.33. The van der Waals surface area contributed by atoms with E-state index < -0.39 is 15.8 Å². The molecule has 0 saturated heterocycles. The fraction of sp³-hybridized carbons (Fsp3) is 0.414. The average Bonchev–Trinajstić information content (AvgIpc) is 2.93. The molecule has 3 aromatic rings. The second-order valence-electron chi connectivity index (χ2n) is 9.33. The molecule has 0 fully saturated rings. The second-order valence-corrected chi connectivity index (χ2v) is 12.0. The summed E-state index contributed by atoms with van der Waals surface area (Å²) in [5.74, 6) is -2.03. The summed E-state index contributed by atoms with van der Waals surface area (Å²) in [4.78, 5) is 15.3. The van der Waals surface area contributed by atoms with Gasteiger partial charge in [-0.05, 0) is 30.7 Å². The van der Waals surface area contributed by atoms with E-state index in [4.69, 9.17) is 16.3 Å². The lowest BCUT2D eigenvalue weighted by Crippen LogP contribution is -2.33. The van der Waals surface area contributed by atoms with Crippen molar-refractivity contribution in [2.24, 2.45) is 0 Å². The van der Waals surface area contributed by atoms with Gasteiger partial charge in [0.15, 0.2) is 9.84 Å². The quantitative estimate of drug-likeness (QED) is 0.278. The molecule has 0 radical (unpaired) electrons. The molecule has 1 N–H and O–H groups in total. The molecule has 1 aliphatic rings. The van der Waals surface area contributed by atoms with Crippen LogP contribution in [-0.4, -0.2) is 48.5 Å². The van der Waals surface area contributed by atoms with Crippen molar-refractivity contribution >= 4 is 38.8 Å². The summed E-state index contributed by atoms with van der Waals surface area (Å²) in [5.41, 5.74) is 1.98. The van der Waals surface area contributed by atoms with Crippen LogP contribution in [0.25, 0.3) is 0 Å². The Balaban J connectivity index is 0.000000902. The lowest BCUT2D eigenvalue weighted by molar-refractivity contribution is 0.0175. The summed E-state index contributed by atoms with van der Waals surface area (Å²) in [6.45, 7) is 6.09. The van der Waals surface area contributed by atoms with E-state index in [2.05, 4.69) is 47.0 Å². The van der Waals surface area contributed by atoms with Crippen LogP contribution >= 0.6 is 11.6 Å². The number of halogens is 3. The van der Waals surface area contributed by atoms with Crippen molar-refractivity contribution in [1.82, 2.24) is 15.0 Å². The molecule has 222 valence electrons. The zero-order valence-corrected chi connectivity index (χ0v) is 25.3. The van der Waals surface area contributed by atoms with Gasteiger partial charge in [-0.3, -0.25) is 0 Å². The molecular weight excluding hydrogens is 572 g/mol. The van der Waals surface area contributed by atoms with Gasteiger partial charge in [0.1, 0.15) is 18.2 Å². The van der Waals surface area contributed by atoms with Gasteiger partial charge in [0.05, 0.1) is 23.0 Å². The molecule has 1 aliphatic heterocycles. The normalized spacial score (nSPS) is 12.7. The number of hydrogen-bond acceptors (Lipinski definition) is 8. The number of rotatable bonds is 9. The molecule has 2 aromatic heterocycles. The number of fused-ring (bicyclic) bond motifs is 1. The highest BCUT2D eigenvalue weighted by molar-refractivity contribution is 7.90. The van der Waals surface area contributed by atoms with Crippen molar-refractivity contribution < 1.29 is 21.9 Å². The van der Waals surface area contributed by atoms with Crippen molar-refractivity contribution in [2.45, 2.75) is 52.5 Å². The summed E-state index contributed by atoms with van der Waals surface area (Å²) >= 11 is 6.33. The molecule has 0 aliphatic carbocycles. The van der Waals surface area contributed by atoms with Gasteiger partial charge in [0.25, 0.3) is 5.92 Å². The molecule has 3 heterocycles. The van der Waals surface area contributed by atoms with Crippen molar-refractivity contribution in [3.63, 3.8) is 0 Å². The van der Waals surface area contributed by atoms with Crippen LogP contribution in [0.5, 0.6) is 6.01 Å². The first-order valence-electron chi connectivity index (χ1n) is 13.1. The first-order chi connectivity index (χ1) is 19.4. The van der Waals surface area contributed by atoms with Gasteiger partial charge >= 0.3 is 6.01 Å². The maximum Gasteiger partial charge on any atom is 0.318 e. The number of anilines is 3. The molecule has 0 unspecified atom stereocenters. The molecule has 0 spiro atoms. The predicted molar refractivity (Wildman–Crippen MR) is 161 cm³/mol. The van der Waals surface area contributed by atoms with Crippen LogP contribution in [0.15, 0.2) is 42.6 Å². The third-order valence-electron chi connectivity index (χ3n) is 5.92. The Morgan fingerprint density at radius 3 is 2.34 bits per heavy atom. The van der Waals surface area contributed by atoms with Crippen molar-refractivity contribution in [3.05, 3.63) is 64.4 Å². The summed E-state index contributed by atoms with van der Waals surface area (Å²) < 4.78 is 55.7. The molecule has 41 heavy (non-hydrogen) atoms. The van der Waals surface area contributed by atoms with E-state index in [1.807, 2.05) is 4.90 Å². The number of aromatic nitrogens is 3. The van der Waals surface area contributed by atoms with E-state index in [1.165, 1.54) is 25.0 Å². The Labute approximate surface area is 246 Å². The number of sulfone groups is 1. The topological polar surface area (TPSA) is 97.3 Å². The smallest absolute Gasteiger partial charge is 0.318 e. The fourth-order valence-corrected chi connectivity index (χ4v) is 4.26. The Hall–Kier alpha value is -3.49. The molecule has 4 rings (SSSR count). The number of nitrogens with one attached hydrogen (secondary N) is 1. The molecule has 0 amide bonds. The maximum absolute atomic E-state index is 13.6. The lowest BCUT2D eigenvalue weighted by Gasteiger charge is -2.30.